The fourth-order valence-corrected chi connectivity index (χ4v) is 3.08. The molecule has 1 amide bonds. The molecule has 2 heterocycles. The smallest absolute Gasteiger partial charge is 0.242 e. The summed E-state index contributed by atoms with van der Waals surface area (Å²) in [6, 6.07) is 9.55. The third kappa shape index (κ3) is 3.02. The molecule has 3 rings (SSSR count). The van der Waals surface area contributed by atoms with E-state index in [0.717, 1.165) is 35.0 Å². The van der Waals surface area contributed by atoms with Crippen molar-refractivity contribution in [2.75, 3.05) is 23.4 Å². The van der Waals surface area contributed by atoms with Gasteiger partial charge >= 0.3 is 0 Å². The van der Waals surface area contributed by atoms with Gasteiger partial charge in [-0.25, -0.2) is 0 Å². The Kier molecular flexibility index (Phi) is 4.03. The highest BCUT2D eigenvalue weighted by Gasteiger charge is 2.20. The quantitative estimate of drug-likeness (QED) is 0.804. The molecule has 0 radical (unpaired) electrons. The van der Waals surface area contributed by atoms with Crippen LogP contribution in [0.4, 0.5) is 5.69 Å². The van der Waals surface area contributed by atoms with E-state index in [1.807, 2.05) is 30.3 Å². The molecule has 1 aromatic heterocycles. The number of nitrogens with one attached hydrogen (secondary N) is 3. The van der Waals surface area contributed by atoms with Crippen LogP contribution < -0.4 is 10.6 Å². The monoisotopic (exact) mass is 288 g/mol. The van der Waals surface area contributed by atoms with Crippen molar-refractivity contribution in [3.63, 3.8) is 0 Å². The Hall–Kier alpha value is -1.79. The largest absolute Gasteiger partial charge is 0.325 e. The van der Waals surface area contributed by atoms with Gasteiger partial charge < -0.3 is 10.6 Å². The van der Waals surface area contributed by atoms with Crippen molar-refractivity contribution in [2.24, 2.45) is 0 Å². The van der Waals surface area contributed by atoms with Gasteiger partial charge in [0.1, 0.15) is 0 Å². The van der Waals surface area contributed by atoms with Crippen molar-refractivity contribution in [1.82, 2.24) is 15.5 Å². The van der Waals surface area contributed by atoms with Crippen molar-refractivity contribution in [3.05, 3.63) is 36.5 Å². The summed E-state index contributed by atoms with van der Waals surface area (Å²) in [4.78, 5) is 12.2. The number of nitrogens with zero attached hydrogens (tertiary/aromatic N) is 1. The van der Waals surface area contributed by atoms with Crippen molar-refractivity contribution < 1.29 is 4.79 Å². The van der Waals surface area contributed by atoms with Crippen LogP contribution >= 0.6 is 11.8 Å². The molecule has 1 unspecified atom stereocenters. The molecule has 5 nitrogen and oxygen atoms in total. The second kappa shape index (κ2) is 6.11. The Balaban J connectivity index is 1.71. The number of amides is 1. The first-order chi connectivity index (χ1) is 9.83. The summed E-state index contributed by atoms with van der Waals surface area (Å²) in [7, 11) is 0. The predicted molar refractivity (Wildman–Crippen MR) is 81.8 cm³/mol. The average molecular weight is 288 g/mol. The minimum Gasteiger partial charge on any atom is -0.325 e. The van der Waals surface area contributed by atoms with Gasteiger partial charge in [0.05, 0.1) is 11.7 Å². The van der Waals surface area contributed by atoms with Gasteiger partial charge in [-0.1, -0.05) is 12.1 Å². The molecular formula is C14H16N4OS. The Morgan fingerprint density at radius 2 is 2.35 bits per heavy atom. The van der Waals surface area contributed by atoms with Crippen LogP contribution in [0.1, 0.15) is 0 Å². The lowest BCUT2D eigenvalue weighted by molar-refractivity contribution is -0.117. The third-order valence-corrected chi connectivity index (χ3v) is 4.24. The highest BCUT2D eigenvalue weighted by atomic mass is 32.2. The number of rotatable bonds is 3. The molecule has 1 atom stereocenters. The van der Waals surface area contributed by atoms with Crippen molar-refractivity contribution in [2.45, 2.75) is 6.04 Å². The van der Waals surface area contributed by atoms with Gasteiger partial charge in [0.25, 0.3) is 0 Å². The third-order valence-electron chi connectivity index (χ3n) is 3.18. The van der Waals surface area contributed by atoms with Crippen molar-refractivity contribution in [1.29, 1.82) is 0 Å². The molecule has 0 saturated carbocycles. The maximum Gasteiger partial charge on any atom is 0.242 e. The van der Waals surface area contributed by atoms with E-state index in [2.05, 4.69) is 20.8 Å². The fourth-order valence-electron chi connectivity index (χ4n) is 2.14. The molecule has 1 aromatic carbocycles. The Morgan fingerprint density at radius 1 is 1.40 bits per heavy atom. The van der Waals surface area contributed by atoms with Crippen LogP contribution in [-0.2, 0) is 4.79 Å². The minimum atomic E-state index is -0.107. The molecule has 3 N–H and O–H groups in total. The summed E-state index contributed by atoms with van der Waals surface area (Å²) in [6.07, 6.45) is 1.71. The zero-order chi connectivity index (χ0) is 13.8. The molecule has 6 heteroatoms. The maximum atomic E-state index is 12.2. The highest BCUT2D eigenvalue weighted by Crippen LogP contribution is 2.20. The number of benzene rings is 1. The van der Waals surface area contributed by atoms with E-state index in [1.54, 1.807) is 18.0 Å². The van der Waals surface area contributed by atoms with Gasteiger partial charge in [-0.15, -0.1) is 0 Å². The van der Waals surface area contributed by atoms with Crippen LogP contribution in [0.15, 0.2) is 36.5 Å². The number of aromatic amines is 1. The number of H-pyrrole nitrogens is 1. The molecule has 1 aliphatic rings. The van der Waals surface area contributed by atoms with Gasteiger partial charge in [-0.05, 0) is 18.2 Å². The van der Waals surface area contributed by atoms with Gasteiger partial charge in [0.2, 0.25) is 5.91 Å². The van der Waals surface area contributed by atoms with Gasteiger partial charge in [-0.3, -0.25) is 9.89 Å². The molecular weight excluding hydrogens is 272 g/mol. The molecule has 0 bridgehead atoms. The van der Waals surface area contributed by atoms with E-state index in [4.69, 9.17) is 0 Å². The lowest BCUT2D eigenvalue weighted by Crippen LogP contribution is -2.46. The Morgan fingerprint density at radius 3 is 3.10 bits per heavy atom. The van der Waals surface area contributed by atoms with Crippen molar-refractivity contribution >= 4 is 23.4 Å². The minimum absolute atomic E-state index is 0.0268. The number of hydrogen-bond acceptors (Lipinski definition) is 4. The Bertz CT molecular complexity index is 579. The number of carbonyl (C=O) groups excluding carboxylic acids is 1. The van der Waals surface area contributed by atoms with Gasteiger partial charge in [-0.2, -0.15) is 16.9 Å². The highest BCUT2D eigenvalue weighted by molar-refractivity contribution is 7.99. The first-order valence-electron chi connectivity index (χ1n) is 6.55. The molecule has 20 heavy (non-hydrogen) atoms. The van der Waals surface area contributed by atoms with E-state index in [1.165, 1.54) is 0 Å². The standard InChI is InChI=1S/C14H16N4OS/c19-14(13-9-20-7-6-15-13)17-11-3-1-2-10(8-11)12-4-5-16-18-12/h1-5,8,13,15H,6-7,9H2,(H,16,18)(H,17,19). The van der Waals surface area contributed by atoms with Crippen LogP contribution in [0, 0.1) is 0 Å². The van der Waals surface area contributed by atoms with Crippen LogP contribution in [0.5, 0.6) is 0 Å². The zero-order valence-electron chi connectivity index (χ0n) is 10.9. The molecule has 0 aliphatic carbocycles. The summed E-state index contributed by atoms with van der Waals surface area (Å²) in [5.41, 5.74) is 2.75. The van der Waals surface area contributed by atoms with Crippen LogP contribution in [0.25, 0.3) is 11.3 Å². The molecule has 1 aliphatic heterocycles. The second-order valence-electron chi connectivity index (χ2n) is 4.62. The van der Waals surface area contributed by atoms with Gasteiger partial charge in [0.15, 0.2) is 0 Å². The molecule has 104 valence electrons. The molecule has 1 saturated heterocycles. The Labute approximate surface area is 121 Å². The number of hydrogen-bond donors (Lipinski definition) is 3. The fraction of sp³-hybridized carbons (Fsp3) is 0.286. The normalized spacial score (nSPS) is 18.7. The lowest BCUT2D eigenvalue weighted by atomic mass is 10.1. The predicted octanol–water partition coefficient (Wildman–Crippen LogP) is 1.72. The summed E-state index contributed by atoms with van der Waals surface area (Å²) >= 11 is 1.81. The van der Waals surface area contributed by atoms with Gasteiger partial charge in [0, 0.05) is 35.5 Å². The molecule has 2 aromatic rings. The summed E-state index contributed by atoms with van der Waals surface area (Å²) in [5.74, 6) is 1.92. The lowest BCUT2D eigenvalue weighted by Gasteiger charge is -2.22. The van der Waals surface area contributed by atoms with E-state index in [-0.39, 0.29) is 11.9 Å². The first kappa shape index (κ1) is 13.2. The number of thioether (sulfide) groups is 1. The van der Waals surface area contributed by atoms with E-state index < -0.39 is 0 Å². The average Bonchev–Trinajstić information content (AvgIpc) is 3.03. The SMILES string of the molecule is O=C(Nc1cccc(-c2ccn[nH]2)c1)C1CSCCN1. The van der Waals surface area contributed by atoms with E-state index in [0.29, 0.717) is 0 Å². The van der Waals surface area contributed by atoms with Crippen LogP contribution in [0.2, 0.25) is 0 Å². The van der Waals surface area contributed by atoms with E-state index in [9.17, 15) is 4.79 Å². The molecule has 0 spiro atoms. The summed E-state index contributed by atoms with van der Waals surface area (Å²) < 4.78 is 0. The number of anilines is 1. The van der Waals surface area contributed by atoms with E-state index >= 15 is 0 Å². The number of carbonyl (C=O) groups is 1. The number of aromatic nitrogens is 2. The van der Waals surface area contributed by atoms with Crippen LogP contribution in [0.3, 0.4) is 0 Å². The summed E-state index contributed by atoms with van der Waals surface area (Å²) in [6.45, 7) is 0.886. The zero-order valence-corrected chi connectivity index (χ0v) is 11.7. The topological polar surface area (TPSA) is 69.8 Å². The summed E-state index contributed by atoms with van der Waals surface area (Å²) in [5, 5.41) is 13.1. The van der Waals surface area contributed by atoms with Crippen LogP contribution in [-0.4, -0.2) is 40.2 Å². The molecule has 1 fully saturated rings. The van der Waals surface area contributed by atoms with Crippen molar-refractivity contribution in [3.8, 4) is 11.3 Å². The second-order valence-corrected chi connectivity index (χ2v) is 5.77. The first-order valence-corrected chi connectivity index (χ1v) is 7.70. The maximum absolute atomic E-state index is 12.2.